The average Bonchev–Trinajstić information content (AvgIpc) is 3.33. The lowest BCUT2D eigenvalue weighted by Crippen LogP contribution is -2.60. The first-order valence-corrected chi connectivity index (χ1v) is 28.0. The molecule has 0 saturated carbocycles. The van der Waals surface area contributed by atoms with Crippen molar-refractivity contribution >= 4 is 5.91 Å². The Bertz CT molecular complexity index is 1230. The zero-order valence-corrected chi connectivity index (χ0v) is 43.1. The van der Waals surface area contributed by atoms with Crippen LogP contribution >= 0.6 is 0 Å². The lowest BCUT2D eigenvalue weighted by Gasteiger charge is -2.40. The molecule has 0 aromatic heterocycles. The van der Waals surface area contributed by atoms with E-state index in [2.05, 4.69) is 67.8 Å². The summed E-state index contributed by atoms with van der Waals surface area (Å²) in [6.07, 6.45) is 57.2. The van der Waals surface area contributed by atoms with E-state index in [9.17, 15) is 30.3 Å². The summed E-state index contributed by atoms with van der Waals surface area (Å²) in [5.41, 5.74) is 0. The van der Waals surface area contributed by atoms with E-state index in [1.54, 1.807) is 6.08 Å². The number of aliphatic hydroxyl groups is 5. The number of carbonyl (C=O) groups excluding carboxylic acids is 1. The van der Waals surface area contributed by atoms with Crippen molar-refractivity contribution in [2.75, 3.05) is 13.2 Å². The molecule has 0 aliphatic carbocycles. The molecule has 0 aromatic carbocycles. The predicted octanol–water partition coefficient (Wildman–Crippen LogP) is 13.5. The van der Waals surface area contributed by atoms with Crippen LogP contribution in [-0.4, -0.2) is 87.5 Å². The van der Waals surface area contributed by atoms with Crippen LogP contribution in [0.15, 0.2) is 60.8 Å². The van der Waals surface area contributed by atoms with Gasteiger partial charge in [0.15, 0.2) is 6.29 Å². The maximum Gasteiger partial charge on any atom is 0.220 e. The first-order chi connectivity index (χ1) is 32.8. The molecule has 67 heavy (non-hydrogen) atoms. The molecule has 6 N–H and O–H groups in total. The molecule has 1 aliphatic rings. The van der Waals surface area contributed by atoms with Gasteiger partial charge in [0.05, 0.1) is 25.4 Å². The van der Waals surface area contributed by atoms with Crippen molar-refractivity contribution in [2.24, 2.45) is 0 Å². The van der Waals surface area contributed by atoms with Crippen molar-refractivity contribution in [3.05, 3.63) is 60.8 Å². The Balaban J connectivity index is 2.27. The molecule has 9 heteroatoms. The quantitative estimate of drug-likeness (QED) is 0.0261. The number of hydrogen-bond acceptors (Lipinski definition) is 8. The van der Waals surface area contributed by atoms with Gasteiger partial charge in [0.2, 0.25) is 5.91 Å². The minimum absolute atomic E-state index is 0.205. The van der Waals surface area contributed by atoms with E-state index in [-0.39, 0.29) is 12.5 Å². The Morgan fingerprint density at radius 1 is 0.507 bits per heavy atom. The summed E-state index contributed by atoms with van der Waals surface area (Å²) in [6, 6.07) is -0.838. The van der Waals surface area contributed by atoms with Crippen LogP contribution in [0.5, 0.6) is 0 Å². The molecule has 1 saturated heterocycles. The van der Waals surface area contributed by atoms with Crippen LogP contribution in [0.3, 0.4) is 0 Å². The Morgan fingerprint density at radius 3 is 1.36 bits per heavy atom. The van der Waals surface area contributed by atoms with Crippen LogP contribution in [0.1, 0.15) is 245 Å². The summed E-state index contributed by atoms with van der Waals surface area (Å²) in [4.78, 5) is 13.0. The number of nitrogens with one attached hydrogen (secondary N) is 1. The number of aliphatic hydroxyl groups excluding tert-OH is 5. The second-order valence-corrected chi connectivity index (χ2v) is 19.4. The van der Waals surface area contributed by atoms with Gasteiger partial charge in [0.1, 0.15) is 24.4 Å². The highest BCUT2D eigenvalue weighted by atomic mass is 16.7. The summed E-state index contributed by atoms with van der Waals surface area (Å²) in [6.45, 7) is 3.74. The molecule has 0 bridgehead atoms. The van der Waals surface area contributed by atoms with E-state index in [1.165, 1.54) is 154 Å². The van der Waals surface area contributed by atoms with Crippen LogP contribution in [0.25, 0.3) is 0 Å². The second kappa shape index (κ2) is 47.6. The first-order valence-electron chi connectivity index (χ1n) is 28.0. The first kappa shape index (κ1) is 62.9. The highest BCUT2D eigenvalue weighted by molar-refractivity contribution is 5.76. The van der Waals surface area contributed by atoms with Crippen molar-refractivity contribution in [1.82, 2.24) is 5.32 Å². The largest absolute Gasteiger partial charge is 0.394 e. The van der Waals surface area contributed by atoms with E-state index in [0.29, 0.717) is 6.42 Å². The van der Waals surface area contributed by atoms with Crippen molar-refractivity contribution in [2.45, 2.75) is 288 Å². The number of allylic oxidation sites excluding steroid dienone is 9. The number of hydrogen-bond donors (Lipinski definition) is 6. The summed E-state index contributed by atoms with van der Waals surface area (Å²) < 4.78 is 11.2. The van der Waals surface area contributed by atoms with Gasteiger partial charge < -0.3 is 40.3 Å². The van der Waals surface area contributed by atoms with Crippen LogP contribution in [0.4, 0.5) is 0 Å². The lowest BCUT2D eigenvalue weighted by atomic mass is 9.99. The molecule has 1 heterocycles. The molecule has 9 nitrogen and oxygen atoms in total. The molecular formula is C58H105NO8. The van der Waals surface area contributed by atoms with Crippen LogP contribution in [0.2, 0.25) is 0 Å². The van der Waals surface area contributed by atoms with Crippen LogP contribution in [0, 0.1) is 0 Å². The second-order valence-electron chi connectivity index (χ2n) is 19.4. The molecule has 1 amide bonds. The molecule has 7 atom stereocenters. The minimum atomic E-state index is -1.58. The number of ether oxygens (including phenoxy) is 2. The van der Waals surface area contributed by atoms with E-state index < -0.39 is 49.5 Å². The highest BCUT2D eigenvalue weighted by Gasteiger charge is 2.44. The Kier molecular flexibility index (Phi) is 44.7. The fourth-order valence-corrected chi connectivity index (χ4v) is 8.57. The van der Waals surface area contributed by atoms with E-state index >= 15 is 0 Å². The SMILES string of the molecule is CCCCCC/C=C\C/C=C\CCCCCCCC(=O)NC(COC1OC(CO)C(O)C(O)C1O)C(O)/C=C/CC/C=C/CC/C=C/CCCCCCCCCCCCCCCCCCCC. The van der Waals surface area contributed by atoms with Crippen molar-refractivity contribution < 1.29 is 39.8 Å². The minimum Gasteiger partial charge on any atom is -0.394 e. The standard InChI is InChI=1S/C58H105NO8/c1-3-5-7-9-11-13-15-17-19-21-22-23-24-25-26-27-28-29-30-31-32-33-35-37-39-41-43-45-47-52(61)51(50-66-58-57(65)56(64)55(63)53(49-60)67-58)59-54(62)48-46-44-42-40-38-36-34-20-18-16-14-12-10-8-6-4-2/h14,16,20,31-32,34,37,39,45,47,51-53,55-58,60-61,63-65H,3-13,15,17-19,21-30,33,35-36,38,40-44,46,48-50H2,1-2H3,(H,59,62)/b16-14-,32-31+,34-20-,39-37+,47-45+. The summed E-state index contributed by atoms with van der Waals surface area (Å²) in [7, 11) is 0. The van der Waals surface area contributed by atoms with Gasteiger partial charge in [-0.3, -0.25) is 4.79 Å². The third-order valence-electron chi connectivity index (χ3n) is 13.0. The van der Waals surface area contributed by atoms with Crippen LogP contribution in [-0.2, 0) is 14.3 Å². The lowest BCUT2D eigenvalue weighted by molar-refractivity contribution is -0.302. The zero-order valence-electron chi connectivity index (χ0n) is 43.1. The summed E-state index contributed by atoms with van der Waals surface area (Å²) >= 11 is 0. The number of amides is 1. The normalized spacial score (nSPS) is 20.1. The van der Waals surface area contributed by atoms with Gasteiger partial charge >= 0.3 is 0 Å². The molecule has 0 radical (unpaired) electrons. The molecular weight excluding hydrogens is 839 g/mol. The van der Waals surface area contributed by atoms with Gasteiger partial charge in [-0.1, -0.05) is 222 Å². The smallest absolute Gasteiger partial charge is 0.220 e. The number of rotatable bonds is 47. The van der Waals surface area contributed by atoms with Gasteiger partial charge in [-0.25, -0.2) is 0 Å². The van der Waals surface area contributed by atoms with E-state index in [4.69, 9.17) is 9.47 Å². The molecule has 1 rings (SSSR count). The maximum absolute atomic E-state index is 13.0. The third kappa shape index (κ3) is 37.4. The highest BCUT2D eigenvalue weighted by Crippen LogP contribution is 2.23. The zero-order chi connectivity index (χ0) is 48.7. The Morgan fingerprint density at radius 2 is 0.896 bits per heavy atom. The van der Waals surface area contributed by atoms with Crippen LogP contribution < -0.4 is 5.32 Å². The topological polar surface area (TPSA) is 149 Å². The van der Waals surface area contributed by atoms with Crippen molar-refractivity contribution in [3.63, 3.8) is 0 Å². The molecule has 1 fully saturated rings. The van der Waals surface area contributed by atoms with Gasteiger partial charge in [0, 0.05) is 6.42 Å². The number of unbranched alkanes of at least 4 members (excludes halogenated alkanes) is 29. The average molecular weight is 944 g/mol. The predicted molar refractivity (Wildman–Crippen MR) is 281 cm³/mol. The van der Waals surface area contributed by atoms with E-state index in [1.807, 2.05) is 6.08 Å². The van der Waals surface area contributed by atoms with Gasteiger partial charge in [-0.2, -0.15) is 0 Å². The van der Waals surface area contributed by atoms with Crippen molar-refractivity contribution in [3.8, 4) is 0 Å². The van der Waals surface area contributed by atoms with Crippen molar-refractivity contribution in [1.29, 1.82) is 0 Å². The summed E-state index contributed by atoms with van der Waals surface area (Å²) in [5.74, 6) is -0.205. The molecule has 390 valence electrons. The molecule has 1 aliphatic heterocycles. The Hall–Kier alpha value is -2.11. The molecule has 7 unspecified atom stereocenters. The fourth-order valence-electron chi connectivity index (χ4n) is 8.57. The summed E-state index contributed by atoms with van der Waals surface area (Å²) in [5, 5.41) is 54.4. The monoisotopic (exact) mass is 944 g/mol. The Labute approximate surface area is 411 Å². The van der Waals surface area contributed by atoms with Gasteiger partial charge in [-0.05, 0) is 77.0 Å². The third-order valence-corrected chi connectivity index (χ3v) is 13.0. The fraction of sp³-hybridized carbons (Fsp3) is 0.810. The maximum atomic E-state index is 13.0. The van der Waals surface area contributed by atoms with Gasteiger partial charge in [-0.15, -0.1) is 0 Å². The molecule has 0 aromatic rings. The van der Waals surface area contributed by atoms with Gasteiger partial charge in [0.25, 0.3) is 0 Å². The number of carbonyl (C=O) groups is 1. The molecule has 0 spiro atoms. The van der Waals surface area contributed by atoms with E-state index in [0.717, 1.165) is 70.6 Å².